The summed E-state index contributed by atoms with van der Waals surface area (Å²) in [7, 11) is 0. The van der Waals surface area contributed by atoms with Crippen molar-refractivity contribution in [2.45, 2.75) is 64.7 Å². The van der Waals surface area contributed by atoms with Crippen molar-refractivity contribution >= 4 is 11.5 Å². The van der Waals surface area contributed by atoms with Crippen molar-refractivity contribution in [1.29, 1.82) is 0 Å². The van der Waals surface area contributed by atoms with Crippen LogP contribution >= 0.6 is 0 Å². The van der Waals surface area contributed by atoms with Gasteiger partial charge < -0.3 is 9.84 Å². The van der Waals surface area contributed by atoms with Crippen LogP contribution in [0.2, 0.25) is 0 Å². The highest BCUT2D eigenvalue weighted by Gasteiger charge is 2.15. The number of carbonyl (C=O) groups excluding carboxylic acids is 1. The van der Waals surface area contributed by atoms with Gasteiger partial charge in [0.05, 0.1) is 18.8 Å². The minimum absolute atomic E-state index is 0.0533. The van der Waals surface area contributed by atoms with Crippen molar-refractivity contribution in [3.8, 4) is 22.3 Å². The molecule has 1 aliphatic rings. The molecule has 0 heterocycles. The van der Waals surface area contributed by atoms with E-state index < -0.39 is 12.6 Å². The average Bonchev–Trinajstić information content (AvgIpc) is 2.99. The van der Waals surface area contributed by atoms with Gasteiger partial charge in [0.15, 0.2) is 0 Å². The van der Waals surface area contributed by atoms with Gasteiger partial charge in [-0.05, 0) is 77.5 Å². The van der Waals surface area contributed by atoms with E-state index >= 15 is 4.39 Å². The van der Waals surface area contributed by atoms with Crippen molar-refractivity contribution in [2.24, 2.45) is 5.92 Å². The normalized spacial score (nSPS) is 15.0. The van der Waals surface area contributed by atoms with E-state index in [4.69, 9.17) is 9.84 Å². The zero-order valence-electron chi connectivity index (χ0n) is 23.6. The van der Waals surface area contributed by atoms with E-state index in [9.17, 15) is 4.79 Å². The third-order valence-electron chi connectivity index (χ3n) is 7.88. The van der Waals surface area contributed by atoms with Gasteiger partial charge in [0.25, 0.3) is 0 Å². The summed E-state index contributed by atoms with van der Waals surface area (Å²) in [6.07, 6.45) is 12.8. The summed E-state index contributed by atoms with van der Waals surface area (Å²) in [5.41, 5.74) is 7.14. The molecule has 1 atom stereocenters. The standard InChI is InChI=1S/C36H41FO3/c1-3-4-5-7-27-9-13-29(14-10-27)30-17-19-31(20-18-30)33-21-22-34(35(37)24-33)32-15-11-28(12-16-32)8-6-23-40-36(39)26(2)25-38/h11-13,15-22,24,27,38H,2-10,14,23,25H2,1H3. The molecule has 40 heavy (non-hydrogen) atoms. The molecule has 1 N–H and O–H groups in total. The zero-order valence-corrected chi connectivity index (χ0v) is 23.6. The van der Waals surface area contributed by atoms with Crippen LogP contribution in [0.5, 0.6) is 0 Å². The molecule has 1 aliphatic carbocycles. The van der Waals surface area contributed by atoms with Gasteiger partial charge in [-0.2, -0.15) is 0 Å². The monoisotopic (exact) mass is 540 g/mol. The van der Waals surface area contributed by atoms with E-state index in [1.54, 1.807) is 6.07 Å². The van der Waals surface area contributed by atoms with Crippen molar-refractivity contribution in [3.05, 3.63) is 102 Å². The molecule has 0 spiro atoms. The summed E-state index contributed by atoms with van der Waals surface area (Å²) in [6.45, 7) is 5.57. The molecule has 3 nitrogen and oxygen atoms in total. The van der Waals surface area contributed by atoms with E-state index in [1.165, 1.54) is 49.7 Å². The molecule has 0 amide bonds. The summed E-state index contributed by atoms with van der Waals surface area (Å²) < 4.78 is 20.3. The Morgan fingerprint density at radius 2 is 1.65 bits per heavy atom. The van der Waals surface area contributed by atoms with Gasteiger partial charge in [-0.3, -0.25) is 0 Å². The molecule has 0 fully saturated rings. The molecule has 0 saturated heterocycles. The molecule has 0 aliphatic heterocycles. The number of hydrogen-bond donors (Lipinski definition) is 1. The minimum atomic E-state index is -0.569. The number of hydrogen-bond acceptors (Lipinski definition) is 3. The fourth-order valence-corrected chi connectivity index (χ4v) is 5.36. The Balaban J connectivity index is 1.32. The second kappa shape index (κ2) is 14.8. The summed E-state index contributed by atoms with van der Waals surface area (Å²) >= 11 is 0. The highest BCUT2D eigenvalue weighted by molar-refractivity contribution is 5.87. The van der Waals surface area contributed by atoms with Gasteiger partial charge in [0.1, 0.15) is 5.82 Å². The molecule has 3 aromatic rings. The number of esters is 1. The molecule has 0 bridgehead atoms. The smallest absolute Gasteiger partial charge is 0.335 e. The molecule has 210 valence electrons. The number of halogens is 1. The van der Waals surface area contributed by atoms with E-state index in [2.05, 4.69) is 43.8 Å². The van der Waals surface area contributed by atoms with Crippen molar-refractivity contribution < 1.29 is 19.0 Å². The quantitative estimate of drug-likeness (QED) is 0.134. The molecule has 1 unspecified atom stereocenters. The fourth-order valence-electron chi connectivity index (χ4n) is 5.36. The molecule has 4 rings (SSSR count). The maximum Gasteiger partial charge on any atom is 0.335 e. The van der Waals surface area contributed by atoms with Crippen LogP contribution in [-0.2, 0) is 16.0 Å². The lowest BCUT2D eigenvalue weighted by molar-refractivity contribution is -0.139. The van der Waals surface area contributed by atoms with Gasteiger partial charge in [-0.25, -0.2) is 9.18 Å². The highest BCUT2D eigenvalue weighted by Crippen LogP contribution is 2.34. The van der Waals surface area contributed by atoms with E-state index in [0.29, 0.717) is 12.0 Å². The Morgan fingerprint density at radius 1 is 0.950 bits per heavy atom. The molecule has 0 saturated carbocycles. The Morgan fingerprint density at radius 3 is 2.30 bits per heavy atom. The zero-order chi connectivity index (χ0) is 28.3. The number of allylic oxidation sites excluding steroid dienone is 2. The highest BCUT2D eigenvalue weighted by atomic mass is 19.1. The van der Waals surface area contributed by atoms with Crippen molar-refractivity contribution in [2.75, 3.05) is 13.2 Å². The van der Waals surface area contributed by atoms with Gasteiger partial charge in [-0.1, -0.05) is 106 Å². The number of unbranched alkanes of at least 4 members (excludes halogenated alkanes) is 2. The largest absolute Gasteiger partial charge is 0.462 e. The topological polar surface area (TPSA) is 46.5 Å². The number of aliphatic hydroxyl groups excluding tert-OH is 1. The fraction of sp³-hybridized carbons (Fsp3) is 0.361. The molecular formula is C36H41FO3. The third kappa shape index (κ3) is 8.02. The first-order valence-corrected chi connectivity index (χ1v) is 14.6. The first-order valence-electron chi connectivity index (χ1n) is 14.6. The molecule has 4 heteroatoms. The van der Waals surface area contributed by atoms with E-state index in [1.807, 2.05) is 36.4 Å². The van der Waals surface area contributed by atoms with Crippen molar-refractivity contribution in [1.82, 2.24) is 0 Å². The number of aliphatic hydroxyl groups is 1. The predicted molar refractivity (Wildman–Crippen MR) is 162 cm³/mol. The van der Waals surface area contributed by atoms with Crippen LogP contribution in [0.15, 0.2) is 85.0 Å². The Labute approximate surface area is 238 Å². The second-order valence-corrected chi connectivity index (χ2v) is 10.8. The molecule has 0 aromatic heterocycles. The van der Waals surface area contributed by atoms with Crippen LogP contribution in [0.25, 0.3) is 27.8 Å². The lowest BCUT2D eigenvalue weighted by atomic mass is 9.83. The summed E-state index contributed by atoms with van der Waals surface area (Å²) in [4.78, 5) is 11.5. The van der Waals surface area contributed by atoms with Crippen LogP contribution in [0.1, 0.15) is 69.4 Å². The molecule has 3 aromatic carbocycles. The summed E-state index contributed by atoms with van der Waals surface area (Å²) in [6, 6.07) is 21.8. The SMILES string of the molecule is C=C(CO)C(=O)OCCCc1ccc(-c2ccc(-c3ccc(C4=CCC(CCCCC)CC4)cc3)cc2F)cc1. The maximum absolute atomic E-state index is 15.2. The Hall–Kier alpha value is -3.50. The average molecular weight is 541 g/mol. The van der Waals surface area contributed by atoms with Gasteiger partial charge in [0, 0.05) is 5.56 Å². The van der Waals surface area contributed by atoms with Crippen LogP contribution < -0.4 is 0 Å². The molecular weight excluding hydrogens is 499 g/mol. The number of aryl methyl sites for hydroxylation is 1. The third-order valence-corrected chi connectivity index (χ3v) is 7.88. The van der Waals surface area contributed by atoms with Gasteiger partial charge >= 0.3 is 5.97 Å². The first-order chi connectivity index (χ1) is 19.5. The van der Waals surface area contributed by atoms with Gasteiger partial charge in [0.2, 0.25) is 0 Å². The Kier molecular flexibility index (Phi) is 10.9. The van der Waals surface area contributed by atoms with Crippen LogP contribution in [0.4, 0.5) is 4.39 Å². The second-order valence-electron chi connectivity index (χ2n) is 10.8. The predicted octanol–water partition coefficient (Wildman–Crippen LogP) is 8.95. The number of benzene rings is 3. The first kappa shape index (κ1) is 29.5. The summed E-state index contributed by atoms with van der Waals surface area (Å²) in [5.74, 6) is 0.0258. The van der Waals surface area contributed by atoms with Crippen LogP contribution in [0, 0.1) is 11.7 Å². The van der Waals surface area contributed by atoms with Gasteiger partial charge in [-0.15, -0.1) is 0 Å². The molecule has 0 radical (unpaired) electrons. The number of ether oxygens (including phenoxy) is 1. The maximum atomic E-state index is 15.2. The van der Waals surface area contributed by atoms with Crippen molar-refractivity contribution in [3.63, 3.8) is 0 Å². The number of carbonyl (C=O) groups is 1. The van der Waals surface area contributed by atoms with E-state index in [0.717, 1.165) is 41.0 Å². The summed E-state index contributed by atoms with van der Waals surface area (Å²) in [5, 5.41) is 8.91. The minimum Gasteiger partial charge on any atom is -0.462 e. The lowest BCUT2D eigenvalue weighted by Crippen LogP contribution is -2.11. The van der Waals surface area contributed by atoms with Crippen LogP contribution in [0.3, 0.4) is 0 Å². The van der Waals surface area contributed by atoms with E-state index in [-0.39, 0.29) is 18.0 Å². The number of rotatable bonds is 13. The Bertz CT molecular complexity index is 1300. The lowest BCUT2D eigenvalue weighted by Gasteiger charge is -2.22. The van der Waals surface area contributed by atoms with Crippen LogP contribution in [-0.4, -0.2) is 24.3 Å².